The van der Waals surface area contributed by atoms with Gasteiger partial charge in [-0.3, -0.25) is 14.9 Å². The lowest BCUT2D eigenvalue weighted by molar-refractivity contribution is -0.384. The number of nitro groups is 1. The van der Waals surface area contributed by atoms with Crippen molar-refractivity contribution in [2.75, 3.05) is 6.79 Å². The molecule has 1 aliphatic rings. The molecule has 2 heterocycles. The van der Waals surface area contributed by atoms with Crippen molar-refractivity contribution in [3.8, 4) is 22.8 Å². The number of benzene rings is 2. The van der Waals surface area contributed by atoms with Crippen LogP contribution < -0.4 is 15.0 Å². The van der Waals surface area contributed by atoms with Crippen LogP contribution in [0.4, 0.5) is 5.69 Å². The standard InChI is InChI=1S/C18H13N3O5/c22-18-8-6-15(13-3-7-16-17(9-13)26-11-25-16)19-20(18)10-12-1-4-14(5-2-12)21(23)24/h1-9H,10-11H2. The second-order valence-electron chi connectivity index (χ2n) is 5.71. The molecule has 0 atom stereocenters. The molecule has 0 saturated carbocycles. The van der Waals surface area contributed by atoms with E-state index in [1.54, 1.807) is 24.3 Å². The number of fused-ring (bicyclic) bond motifs is 1. The summed E-state index contributed by atoms with van der Waals surface area (Å²) < 4.78 is 12.0. The van der Waals surface area contributed by atoms with Gasteiger partial charge in [0.25, 0.3) is 11.2 Å². The first-order valence-electron chi connectivity index (χ1n) is 7.82. The number of rotatable bonds is 4. The lowest BCUT2D eigenvalue weighted by Crippen LogP contribution is -2.22. The predicted molar refractivity (Wildman–Crippen MR) is 92.3 cm³/mol. The van der Waals surface area contributed by atoms with Crippen LogP contribution in [0.1, 0.15) is 5.56 Å². The zero-order chi connectivity index (χ0) is 18.1. The van der Waals surface area contributed by atoms with Crippen molar-refractivity contribution >= 4 is 5.69 Å². The van der Waals surface area contributed by atoms with Crippen molar-refractivity contribution in [1.82, 2.24) is 9.78 Å². The lowest BCUT2D eigenvalue weighted by atomic mass is 10.1. The Bertz CT molecular complexity index is 1040. The third-order valence-electron chi connectivity index (χ3n) is 4.01. The van der Waals surface area contributed by atoms with Crippen LogP contribution in [0, 0.1) is 10.1 Å². The molecule has 0 saturated heterocycles. The first-order valence-corrected chi connectivity index (χ1v) is 7.82. The fraction of sp³-hybridized carbons (Fsp3) is 0.111. The van der Waals surface area contributed by atoms with Crippen LogP contribution in [0.5, 0.6) is 11.5 Å². The third-order valence-corrected chi connectivity index (χ3v) is 4.01. The number of non-ortho nitro benzene ring substituents is 1. The maximum atomic E-state index is 12.1. The molecule has 8 heteroatoms. The van der Waals surface area contributed by atoms with Crippen molar-refractivity contribution in [3.63, 3.8) is 0 Å². The van der Waals surface area contributed by atoms with Crippen molar-refractivity contribution in [2.45, 2.75) is 6.54 Å². The first kappa shape index (κ1) is 15.8. The summed E-state index contributed by atoms with van der Waals surface area (Å²) in [7, 11) is 0. The van der Waals surface area contributed by atoms with E-state index in [0.29, 0.717) is 17.2 Å². The molecule has 0 bridgehead atoms. The number of hydrogen-bond donors (Lipinski definition) is 0. The van der Waals surface area contributed by atoms with Gasteiger partial charge in [0.1, 0.15) is 0 Å². The highest BCUT2D eigenvalue weighted by Crippen LogP contribution is 2.35. The average Bonchev–Trinajstić information content (AvgIpc) is 3.12. The second kappa shape index (κ2) is 6.32. The summed E-state index contributed by atoms with van der Waals surface area (Å²) >= 11 is 0. The van der Waals surface area contributed by atoms with Crippen LogP contribution in [0.2, 0.25) is 0 Å². The van der Waals surface area contributed by atoms with Crippen LogP contribution in [0.25, 0.3) is 11.3 Å². The summed E-state index contributed by atoms with van der Waals surface area (Å²) in [5, 5.41) is 15.1. The van der Waals surface area contributed by atoms with Crippen LogP contribution in [0.3, 0.4) is 0 Å². The van der Waals surface area contributed by atoms with Crippen molar-refractivity contribution in [1.29, 1.82) is 0 Å². The van der Waals surface area contributed by atoms with E-state index in [-0.39, 0.29) is 24.6 Å². The van der Waals surface area contributed by atoms with Crippen LogP contribution in [0.15, 0.2) is 59.4 Å². The minimum absolute atomic E-state index is 0.00293. The molecule has 0 N–H and O–H groups in total. The monoisotopic (exact) mass is 351 g/mol. The molecule has 0 radical (unpaired) electrons. The molecule has 0 spiro atoms. The van der Waals surface area contributed by atoms with E-state index >= 15 is 0 Å². The summed E-state index contributed by atoms with van der Waals surface area (Å²) in [5.74, 6) is 1.31. The quantitative estimate of drug-likeness (QED) is 0.529. The summed E-state index contributed by atoms with van der Waals surface area (Å²) in [4.78, 5) is 22.4. The number of ether oxygens (including phenoxy) is 2. The number of nitrogens with zero attached hydrogens (tertiary/aromatic N) is 3. The Labute approximate surface area is 147 Å². The van der Waals surface area contributed by atoms with E-state index in [1.807, 2.05) is 12.1 Å². The van der Waals surface area contributed by atoms with Gasteiger partial charge in [-0.15, -0.1) is 0 Å². The summed E-state index contributed by atoms with van der Waals surface area (Å²) in [6.45, 7) is 0.404. The Morgan fingerprint density at radius 1 is 1.04 bits per heavy atom. The Kier molecular flexibility index (Phi) is 3.85. The normalized spacial score (nSPS) is 12.2. The van der Waals surface area contributed by atoms with Gasteiger partial charge in [0, 0.05) is 23.8 Å². The highest BCUT2D eigenvalue weighted by atomic mass is 16.7. The van der Waals surface area contributed by atoms with Gasteiger partial charge < -0.3 is 9.47 Å². The van der Waals surface area contributed by atoms with Gasteiger partial charge in [-0.05, 0) is 29.8 Å². The Hall–Kier alpha value is -3.68. The van der Waals surface area contributed by atoms with E-state index < -0.39 is 4.92 Å². The van der Waals surface area contributed by atoms with E-state index in [1.165, 1.54) is 22.9 Å². The van der Waals surface area contributed by atoms with Gasteiger partial charge in [0.15, 0.2) is 11.5 Å². The molecular weight excluding hydrogens is 338 g/mol. The SMILES string of the molecule is O=c1ccc(-c2ccc3c(c2)OCO3)nn1Cc1ccc([N+](=O)[O-])cc1. The Morgan fingerprint density at radius 2 is 1.81 bits per heavy atom. The number of nitro benzene ring substituents is 1. The predicted octanol–water partition coefficient (Wildman–Crippen LogP) is 2.60. The lowest BCUT2D eigenvalue weighted by Gasteiger charge is -2.08. The van der Waals surface area contributed by atoms with Gasteiger partial charge in [0.05, 0.1) is 17.2 Å². The maximum Gasteiger partial charge on any atom is 0.269 e. The molecule has 0 aliphatic carbocycles. The zero-order valence-electron chi connectivity index (χ0n) is 13.5. The topological polar surface area (TPSA) is 96.5 Å². The van der Waals surface area contributed by atoms with E-state index in [0.717, 1.165) is 11.1 Å². The van der Waals surface area contributed by atoms with Crippen molar-refractivity contribution < 1.29 is 14.4 Å². The van der Waals surface area contributed by atoms with E-state index in [4.69, 9.17) is 9.47 Å². The van der Waals surface area contributed by atoms with E-state index in [2.05, 4.69) is 5.10 Å². The van der Waals surface area contributed by atoms with Gasteiger partial charge in [0.2, 0.25) is 6.79 Å². The summed E-state index contributed by atoms with van der Waals surface area (Å²) in [6.07, 6.45) is 0. The number of hydrogen-bond acceptors (Lipinski definition) is 6. The fourth-order valence-corrected chi connectivity index (χ4v) is 2.67. The molecule has 1 aliphatic heterocycles. The summed E-state index contributed by atoms with van der Waals surface area (Å²) in [5.41, 5.74) is 1.90. The highest BCUT2D eigenvalue weighted by Gasteiger charge is 2.15. The van der Waals surface area contributed by atoms with Crippen LogP contribution in [-0.2, 0) is 6.54 Å². The first-order chi connectivity index (χ1) is 12.6. The molecule has 4 rings (SSSR count). The van der Waals surface area contributed by atoms with Gasteiger partial charge in [-0.2, -0.15) is 5.10 Å². The van der Waals surface area contributed by atoms with Gasteiger partial charge in [-0.25, -0.2) is 4.68 Å². The minimum Gasteiger partial charge on any atom is -0.454 e. The second-order valence-corrected chi connectivity index (χ2v) is 5.71. The van der Waals surface area contributed by atoms with Crippen molar-refractivity contribution in [2.24, 2.45) is 0 Å². The molecule has 1 aromatic heterocycles. The number of aromatic nitrogens is 2. The van der Waals surface area contributed by atoms with Crippen LogP contribution >= 0.6 is 0 Å². The Morgan fingerprint density at radius 3 is 2.58 bits per heavy atom. The van der Waals surface area contributed by atoms with Gasteiger partial charge in [-0.1, -0.05) is 12.1 Å². The highest BCUT2D eigenvalue weighted by molar-refractivity contribution is 5.63. The molecule has 130 valence electrons. The van der Waals surface area contributed by atoms with Crippen molar-refractivity contribution in [3.05, 3.63) is 80.6 Å². The fourth-order valence-electron chi connectivity index (χ4n) is 2.67. The molecule has 2 aromatic carbocycles. The Balaban J connectivity index is 1.64. The molecule has 3 aromatic rings. The van der Waals surface area contributed by atoms with Crippen LogP contribution in [-0.4, -0.2) is 21.5 Å². The van der Waals surface area contributed by atoms with Gasteiger partial charge >= 0.3 is 0 Å². The minimum atomic E-state index is -0.464. The largest absolute Gasteiger partial charge is 0.454 e. The smallest absolute Gasteiger partial charge is 0.269 e. The zero-order valence-corrected chi connectivity index (χ0v) is 13.5. The molecular formula is C18H13N3O5. The molecule has 8 nitrogen and oxygen atoms in total. The summed E-state index contributed by atoms with van der Waals surface area (Å²) in [6, 6.07) is 14.6. The molecule has 0 fully saturated rings. The molecule has 0 unspecified atom stereocenters. The van der Waals surface area contributed by atoms with E-state index in [9.17, 15) is 14.9 Å². The average molecular weight is 351 g/mol. The third kappa shape index (κ3) is 3.00. The maximum absolute atomic E-state index is 12.1. The molecule has 0 amide bonds. The molecule has 26 heavy (non-hydrogen) atoms.